The Bertz CT molecular complexity index is 481. The molecular formula is C9H13N5O2. The van der Waals surface area contributed by atoms with Crippen molar-refractivity contribution in [3.05, 3.63) is 21.6 Å². The molecule has 0 saturated carbocycles. The minimum atomic E-state index is -0.267. The van der Waals surface area contributed by atoms with Gasteiger partial charge >= 0.3 is 0 Å². The number of hydrogen-bond acceptors (Lipinski definition) is 5. The monoisotopic (exact) mass is 223 g/mol. The molecule has 0 aromatic carbocycles. The van der Waals surface area contributed by atoms with Crippen LogP contribution in [0.1, 0.15) is 17.7 Å². The molecule has 16 heavy (non-hydrogen) atoms. The number of rotatable bonds is 1. The maximum Gasteiger partial charge on any atom is 0.255 e. The number of aromatic nitrogens is 2. The lowest BCUT2D eigenvalue weighted by Crippen LogP contribution is -2.39. The summed E-state index contributed by atoms with van der Waals surface area (Å²) in [6.45, 7) is 0. The van der Waals surface area contributed by atoms with Crippen LogP contribution in [0, 0.1) is 5.92 Å². The number of nitrogens with one attached hydrogen (secondary N) is 2. The van der Waals surface area contributed by atoms with E-state index in [4.69, 9.17) is 11.6 Å². The second-order valence-corrected chi connectivity index (χ2v) is 3.82. The summed E-state index contributed by atoms with van der Waals surface area (Å²) in [4.78, 5) is 29.4. The molecular weight excluding hydrogens is 210 g/mol. The molecule has 1 atom stereocenters. The second-order valence-electron chi connectivity index (χ2n) is 3.82. The van der Waals surface area contributed by atoms with E-state index >= 15 is 0 Å². The van der Waals surface area contributed by atoms with Crippen molar-refractivity contribution in [1.82, 2.24) is 15.4 Å². The first-order valence-corrected chi connectivity index (χ1v) is 5.00. The molecule has 0 fully saturated rings. The highest BCUT2D eigenvalue weighted by molar-refractivity contribution is 5.78. The third-order valence-corrected chi connectivity index (χ3v) is 2.81. The number of nitrogen functional groups attached to an aromatic ring is 1. The van der Waals surface area contributed by atoms with Gasteiger partial charge < -0.3 is 5.73 Å². The predicted octanol–water partition coefficient (Wildman–Crippen LogP) is -1.55. The van der Waals surface area contributed by atoms with Gasteiger partial charge in [0.15, 0.2) is 0 Å². The molecule has 86 valence electrons. The highest BCUT2D eigenvalue weighted by atomic mass is 16.2. The van der Waals surface area contributed by atoms with Crippen LogP contribution in [0.3, 0.4) is 0 Å². The van der Waals surface area contributed by atoms with Crippen molar-refractivity contribution in [3.63, 3.8) is 0 Å². The number of aryl methyl sites for hydroxylation is 1. The highest BCUT2D eigenvalue weighted by Crippen LogP contribution is 2.21. The zero-order valence-corrected chi connectivity index (χ0v) is 8.62. The number of hydrogen-bond donors (Lipinski definition) is 4. The third kappa shape index (κ3) is 1.76. The number of hydrazine groups is 1. The van der Waals surface area contributed by atoms with E-state index in [1.54, 1.807) is 0 Å². The number of aromatic amines is 1. The molecule has 1 heterocycles. The van der Waals surface area contributed by atoms with Crippen molar-refractivity contribution < 1.29 is 4.79 Å². The zero-order valence-electron chi connectivity index (χ0n) is 8.62. The Morgan fingerprint density at radius 1 is 1.56 bits per heavy atom. The van der Waals surface area contributed by atoms with Crippen molar-refractivity contribution >= 4 is 11.9 Å². The molecule has 6 N–H and O–H groups in total. The summed E-state index contributed by atoms with van der Waals surface area (Å²) in [5, 5.41) is 0. The minimum absolute atomic E-state index is 0.116. The van der Waals surface area contributed by atoms with Gasteiger partial charge in [-0.15, -0.1) is 0 Å². The van der Waals surface area contributed by atoms with Gasteiger partial charge in [-0.1, -0.05) is 0 Å². The first-order valence-electron chi connectivity index (χ1n) is 5.00. The Labute approximate surface area is 91.2 Å². The van der Waals surface area contributed by atoms with Crippen LogP contribution in [0.4, 0.5) is 5.95 Å². The third-order valence-electron chi connectivity index (χ3n) is 2.81. The number of H-pyrrole nitrogens is 1. The molecule has 1 aliphatic carbocycles. The second kappa shape index (κ2) is 3.93. The van der Waals surface area contributed by atoms with E-state index in [1.165, 1.54) is 0 Å². The van der Waals surface area contributed by atoms with Crippen LogP contribution < -0.4 is 22.6 Å². The quantitative estimate of drug-likeness (QED) is 0.260. The lowest BCUT2D eigenvalue weighted by molar-refractivity contribution is -0.125. The standard InChI is InChI=1S/C9H13N5O2/c10-9-12-6-2-1-4(7(15)14-11)3-5(6)8(16)13-9/h4H,1-3,11H2,(H,14,15)(H3,10,12,13,16)/t4-/m0/s1. The van der Waals surface area contributed by atoms with Crippen LogP contribution >= 0.6 is 0 Å². The zero-order chi connectivity index (χ0) is 11.7. The normalized spacial score (nSPS) is 18.9. The molecule has 7 nitrogen and oxygen atoms in total. The molecule has 0 unspecified atom stereocenters. The first-order chi connectivity index (χ1) is 7.61. The van der Waals surface area contributed by atoms with Gasteiger partial charge in [0.05, 0.1) is 5.69 Å². The van der Waals surface area contributed by atoms with E-state index in [0.717, 1.165) is 0 Å². The van der Waals surface area contributed by atoms with E-state index in [2.05, 4.69) is 15.4 Å². The number of nitrogens with zero attached hydrogens (tertiary/aromatic N) is 1. The van der Waals surface area contributed by atoms with Gasteiger partial charge in [-0.05, 0) is 19.3 Å². The van der Waals surface area contributed by atoms with Gasteiger partial charge in [-0.2, -0.15) is 0 Å². The van der Waals surface area contributed by atoms with Crippen molar-refractivity contribution in [2.45, 2.75) is 19.3 Å². The lowest BCUT2D eigenvalue weighted by atomic mass is 9.87. The van der Waals surface area contributed by atoms with Gasteiger partial charge in [0, 0.05) is 11.5 Å². The number of nitrogens with two attached hydrogens (primary N) is 2. The fourth-order valence-electron chi connectivity index (χ4n) is 1.98. The van der Waals surface area contributed by atoms with E-state index in [0.29, 0.717) is 30.5 Å². The van der Waals surface area contributed by atoms with Gasteiger partial charge in [-0.25, -0.2) is 10.8 Å². The van der Waals surface area contributed by atoms with Crippen molar-refractivity contribution in [1.29, 1.82) is 0 Å². The summed E-state index contributed by atoms with van der Waals surface area (Å²) in [5.41, 5.74) is 8.49. The van der Waals surface area contributed by atoms with Crippen molar-refractivity contribution in [3.8, 4) is 0 Å². The maximum atomic E-state index is 11.6. The SMILES string of the molecule is NNC(=O)[C@H]1CCc2nc(N)[nH]c(=O)c2C1. The van der Waals surface area contributed by atoms with Crippen LogP contribution in [0.5, 0.6) is 0 Å². The summed E-state index contributed by atoms with van der Waals surface area (Å²) in [7, 11) is 0. The summed E-state index contributed by atoms with van der Waals surface area (Å²) in [5.74, 6) is 4.67. The number of fused-ring (bicyclic) bond motifs is 1. The predicted molar refractivity (Wildman–Crippen MR) is 57.1 cm³/mol. The fourth-order valence-corrected chi connectivity index (χ4v) is 1.98. The molecule has 7 heteroatoms. The minimum Gasteiger partial charge on any atom is -0.369 e. The Kier molecular flexibility index (Phi) is 2.61. The molecule has 0 radical (unpaired) electrons. The summed E-state index contributed by atoms with van der Waals surface area (Å²) in [6.07, 6.45) is 1.56. The van der Waals surface area contributed by atoms with Gasteiger partial charge in [-0.3, -0.25) is 20.0 Å². The lowest BCUT2D eigenvalue weighted by Gasteiger charge is -2.21. The molecule has 2 rings (SSSR count). The van der Waals surface area contributed by atoms with Gasteiger partial charge in [0.1, 0.15) is 0 Å². The van der Waals surface area contributed by atoms with Gasteiger partial charge in [0.2, 0.25) is 11.9 Å². The maximum absolute atomic E-state index is 11.6. The Balaban J connectivity index is 2.34. The summed E-state index contributed by atoms with van der Waals surface area (Å²) < 4.78 is 0. The van der Waals surface area contributed by atoms with E-state index in [1.807, 2.05) is 0 Å². The molecule has 1 amide bonds. The number of amides is 1. The molecule has 0 bridgehead atoms. The fraction of sp³-hybridized carbons (Fsp3) is 0.444. The first kappa shape index (κ1) is 10.6. The smallest absolute Gasteiger partial charge is 0.255 e. The Morgan fingerprint density at radius 3 is 3.00 bits per heavy atom. The highest BCUT2D eigenvalue weighted by Gasteiger charge is 2.27. The van der Waals surface area contributed by atoms with Gasteiger partial charge in [0.25, 0.3) is 5.56 Å². The van der Waals surface area contributed by atoms with Crippen LogP contribution in [0.15, 0.2) is 4.79 Å². The van der Waals surface area contributed by atoms with E-state index in [-0.39, 0.29) is 23.3 Å². The summed E-state index contributed by atoms with van der Waals surface area (Å²) in [6, 6.07) is 0. The van der Waals surface area contributed by atoms with Crippen LogP contribution in [0.25, 0.3) is 0 Å². The molecule has 1 aliphatic rings. The largest absolute Gasteiger partial charge is 0.369 e. The van der Waals surface area contributed by atoms with Crippen LogP contribution in [-0.4, -0.2) is 15.9 Å². The van der Waals surface area contributed by atoms with E-state index in [9.17, 15) is 9.59 Å². The van der Waals surface area contributed by atoms with Crippen LogP contribution in [-0.2, 0) is 17.6 Å². The topological polar surface area (TPSA) is 127 Å². The summed E-state index contributed by atoms with van der Waals surface area (Å²) >= 11 is 0. The van der Waals surface area contributed by atoms with Crippen molar-refractivity contribution in [2.24, 2.45) is 11.8 Å². The molecule has 0 aliphatic heterocycles. The Hall–Kier alpha value is -1.89. The molecule has 0 spiro atoms. The molecule has 1 aromatic rings. The van der Waals surface area contributed by atoms with Crippen LogP contribution in [0.2, 0.25) is 0 Å². The number of carbonyl (C=O) groups excluding carboxylic acids is 1. The number of anilines is 1. The molecule has 1 aromatic heterocycles. The Morgan fingerprint density at radius 2 is 2.31 bits per heavy atom. The molecule has 0 saturated heterocycles. The average Bonchev–Trinajstić information content (AvgIpc) is 2.27. The number of carbonyl (C=O) groups is 1. The van der Waals surface area contributed by atoms with E-state index < -0.39 is 0 Å². The van der Waals surface area contributed by atoms with Crippen molar-refractivity contribution in [2.75, 3.05) is 5.73 Å². The average molecular weight is 223 g/mol.